The number of carbonyl (C=O) groups is 3. The molecule has 0 saturated carbocycles. The van der Waals surface area contributed by atoms with Gasteiger partial charge < -0.3 is 50.0 Å². The highest BCUT2D eigenvalue weighted by Gasteiger charge is 2.65. The fourth-order valence-electron chi connectivity index (χ4n) is 5.38. The number of carboxylic acid groups (broad SMARTS) is 1. The van der Waals surface area contributed by atoms with Gasteiger partial charge in [-0.3, -0.25) is 9.36 Å². The molecule has 318 valence electrons. The summed E-state index contributed by atoms with van der Waals surface area (Å²) in [5.74, 6) is -1.80. The van der Waals surface area contributed by atoms with Crippen LogP contribution in [-0.2, 0) is 24.4 Å². The molecule has 57 heavy (non-hydrogen) atoms. The lowest BCUT2D eigenvalue weighted by atomic mass is 10.00. The molecule has 1 aliphatic rings. The lowest BCUT2D eigenvalue weighted by molar-refractivity contribution is -0.166. The molecular formula is C37H53F3N5O11P. The van der Waals surface area contributed by atoms with Gasteiger partial charge in [-0.2, -0.15) is 13.2 Å². The number of aromatic carboxylic acids is 1. The van der Waals surface area contributed by atoms with E-state index in [0.717, 1.165) is 12.1 Å². The van der Waals surface area contributed by atoms with E-state index in [1.807, 2.05) is 0 Å². The van der Waals surface area contributed by atoms with Gasteiger partial charge in [0.1, 0.15) is 18.0 Å². The van der Waals surface area contributed by atoms with Crippen LogP contribution in [0.4, 0.5) is 18.0 Å². The van der Waals surface area contributed by atoms with Crippen molar-refractivity contribution >= 4 is 25.3 Å². The SMILES string of the molecule is C[C@@H](NC[C@H](O)CP(=O)(O)CCCCCNC(=O)c1ccc(C2(C(F)(F)F)N=N2)cc1OCCOCCOCCNC(=O)OC(C)(C)C)c1cccc(C(=O)O)c1. The monoisotopic (exact) mass is 831 g/mol. The molecule has 20 heteroatoms. The maximum atomic E-state index is 13.7. The second kappa shape index (κ2) is 21.6. The molecular weight excluding hydrogens is 778 g/mol. The Labute approximate surface area is 329 Å². The van der Waals surface area contributed by atoms with Crippen molar-refractivity contribution in [1.29, 1.82) is 0 Å². The first-order valence-electron chi connectivity index (χ1n) is 18.5. The summed E-state index contributed by atoms with van der Waals surface area (Å²) in [7, 11) is -3.69. The van der Waals surface area contributed by atoms with Crippen LogP contribution in [0.5, 0.6) is 5.75 Å². The zero-order chi connectivity index (χ0) is 42.3. The van der Waals surface area contributed by atoms with Gasteiger partial charge >= 0.3 is 23.9 Å². The minimum atomic E-state index is -4.79. The molecule has 2 amide bonds. The molecule has 2 aromatic rings. The zero-order valence-corrected chi connectivity index (χ0v) is 33.4. The van der Waals surface area contributed by atoms with Crippen LogP contribution in [0.3, 0.4) is 0 Å². The van der Waals surface area contributed by atoms with Crippen LogP contribution < -0.4 is 20.7 Å². The maximum absolute atomic E-state index is 13.7. The fourth-order valence-corrected chi connectivity index (χ4v) is 7.06. The number of carbonyl (C=O) groups excluding carboxylic acids is 2. The van der Waals surface area contributed by atoms with Crippen molar-refractivity contribution in [2.45, 2.75) is 76.5 Å². The standard InChI is InChI=1S/C37H53F3N5O11P/c1-25(26-9-8-10-27(21-26)33(48)49)43-23-29(46)24-57(51,52)20-7-5-6-13-41-32(47)30-12-11-28(36(44-45-36)37(38,39)40)22-31(30)55-19-18-54-17-16-53-15-14-42-34(50)56-35(2,3)4/h8-12,21-22,25,29,43,46H,5-7,13-20,23-24H2,1-4H3,(H,41,47)(H,42,50)(H,48,49)(H,51,52)/t25-,29+/m1/s1. The number of rotatable bonds is 25. The van der Waals surface area contributed by atoms with E-state index in [1.165, 1.54) is 18.2 Å². The number of ether oxygens (including phenoxy) is 4. The number of nitrogens with one attached hydrogen (secondary N) is 3. The Morgan fingerprint density at radius 3 is 2.25 bits per heavy atom. The van der Waals surface area contributed by atoms with Crippen LogP contribution in [0.2, 0.25) is 0 Å². The van der Waals surface area contributed by atoms with Gasteiger partial charge in [0.05, 0.1) is 49.8 Å². The van der Waals surface area contributed by atoms with Gasteiger partial charge in [-0.15, -0.1) is 10.2 Å². The first-order valence-corrected chi connectivity index (χ1v) is 20.5. The van der Waals surface area contributed by atoms with Crippen molar-refractivity contribution in [1.82, 2.24) is 16.0 Å². The van der Waals surface area contributed by atoms with Crippen LogP contribution in [0, 0.1) is 0 Å². The van der Waals surface area contributed by atoms with E-state index in [2.05, 4.69) is 26.2 Å². The number of aliphatic hydroxyl groups excluding tert-OH is 1. The van der Waals surface area contributed by atoms with Gasteiger partial charge in [0.2, 0.25) is 7.37 Å². The molecule has 0 spiro atoms. The molecule has 0 fully saturated rings. The number of alkyl carbamates (subject to hydrolysis) is 1. The van der Waals surface area contributed by atoms with E-state index in [0.29, 0.717) is 24.8 Å². The Kier molecular flexibility index (Phi) is 17.9. The number of halogens is 3. The maximum Gasteiger partial charge on any atom is 0.442 e. The molecule has 1 unspecified atom stereocenters. The summed E-state index contributed by atoms with van der Waals surface area (Å²) in [4.78, 5) is 46.4. The molecule has 6 N–H and O–H groups in total. The lowest BCUT2D eigenvalue weighted by Crippen LogP contribution is -2.34. The molecule has 0 bridgehead atoms. The average Bonchev–Trinajstić information content (AvgIpc) is 3.95. The number of hydrogen-bond acceptors (Lipinski definition) is 12. The largest absolute Gasteiger partial charge is 0.490 e. The number of unbranched alkanes of at least 4 members (excludes halogenated alkanes) is 2. The highest BCUT2D eigenvalue weighted by molar-refractivity contribution is 7.58. The Morgan fingerprint density at radius 1 is 0.912 bits per heavy atom. The molecule has 0 aliphatic carbocycles. The average molecular weight is 832 g/mol. The van der Waals surface area contributed by atoms with Crippen LogP contribution in [0.15, 0.2) is 52.7 Å². The van der Waals surface area contributed by atoms with Crippen molar-refractivity contribution < 1.29 is 66.2 Å². The van der Waals surface area contributed by atoms with E-state index in [1.54, 1.807) is 39.8 Å². The van der Waals surface area contributed by atoms with Gasteiger partial charge in [0, 0.05) is 37.4 Å². The quantitative estimate of drug-likeness (QED) is 0.0548. The molecule has 0 aromatic heterocycles. The minimum absolute atomic E-state index is 0.0163. The van der Waals surface area contributed by atoms with E-state index < -0.39 is 48.9 Å². The number of amides is 2. The third-order valence-corrected chi connectivity index (χ3v) is 10.4. The van der Waals surface area contributed by atoms with E-state index in [4.69, 9.17) is 18.9 Å². The number of aliphatic hydroxyl groups is 1. The number of hydrogen-bond donors (Lipinski definition) is 6. The van der Waals surface area contributed by atoms with Gasteiger partial charge in [-0.05, 0) is 70.4 Å². The molecule has 3 atom stereocenters. The zero-order valence-electron chi connectivity index (χ0n) is 32.5. The predicted molar refractivity (Wildman–Crippen MR) is 202 cm³/mol. The highest BCUT2D eigenvalue weighted by Crippen LogP contribution is 2.53. The molecule has 0 saturated heterocycles. The molecule has 1 heterocycles. The Morgan fingerprint density at radius 2 is 1.60 bits per heavy atom. The van der Waals surface area contributed by atoms with Crippen LogP contribution in [0.25, 0.3) is 0 Å². The fraction of sp³-hybridized carbons (Fsp3) is 0.595. The summed E-state index contributed by atoms with van der Waals surface area (Å²) in [6.07, 6.45) is -5.62. The number of nitrogens with zero attached hydrogens (tertiary/aromatic N) is 2. The van der Waals surface area contributed by atoms with Crippen molar-refractivity contribution in [2.24, 2.45) is 10.2 Å². The topological polar surface area (TPSA) is 227 Å². The van der Waals surface area contributed by atoms with Gasteiger partial charge in [0.25, 0.3) is 5.91 Å². The Hall–Kier alpha value is -4.13. The highest BCUT2D eigenvalue weighted by atomic mass is 31.2. The molecule has 2 aromatic carbocycles. The number of carboxylic acids is 1. The summed E-state index contributed by atoms with van der Waals surface area (Å²) >= 11 is 0. The smallest absolute Gasteiger partial charge is 0.442 e. The number of alkyl halides is 3. The first-order chi connectivity index (χ1) is 26.7. The summed E-state index contributed by atoms with van der Waals surface area (Å²) in [5, 5.41) is 34.3. The Bertz CT molecular complexity index is 1720. The van der Waals surface area contributed by atoms with E-state index >= 15 is 0 Å². The minimum Gasteiger partial charge on any atom is -0.490 e. The predicted octanol–water partition coefficient (Wildman–Crippen LogP) is 5.38. The van der Waals surface area contributed by atoms with Crippen molar-refractivity contribution in [3.05, 3.63) is 64.7 Å². The van der Waals surface area contributed by atoms with Crippen LogP contribution in [-0.4, -0.2) is 116 Å². The van der Waals surface area contributed by atoms with Gasteiger partial charge in [-0.25, -0.2) is 9.59 Å². The third-order valence-electron chi connectivity index (χ3n) is 8.36. The van der Waals surface area contributed by atoms with Crippen LogP contribution in [0.1, 0.15) is 84.8 Å². The van der Waals surface area contributed by atoms with Crippen LogP contribution >= 0.6 is 7.37 Å². The van der Waals surface area contributed by atoms with Gasteiger partial charge in [0.15, 0.2) is 0 Å². The third kappa shape index (κ3) is 16.3. The molecule has 16 nitrogen and oxygen atoms in total. The van der Waals surface area contributed by atoms with Crippen molar-refractivity contribution in [3.8, 4) is 5.75 Å². The van der Waals surface area contributed by atoms with Crippen molar-refractivity contribution in [3.63, 3.8) is 0 Å². The van der Waals surface area contributed by atoms with E-state index in [9.17, 15) is 47.2 Å². The normalized spacial score (nSPS) is 15.6. The molecule has 3 rings (SSSR count). The molecule has 0 radical (unpaired) electrons. The van der Waals surface area contributed by atoms with E-state index in [-0.39, 0.29) is 93.5 Å². The Balaban J connectivity index is 1.40. The molecule has 1 aliphatic heterocycles. The second-order valence-corrected chi connectivity index (χ2v) is 16.9. The second-order valence-electron chi connectivity index (χ2n) is 14.4. The number of benzene rings is 2. The summed E-state index contributed by atoms with van der Waals surface area (Å²) in [5.41, 5.74) is -2.87. The summed E-state index contributed by atoms with van der Waals surface area (Å²) < 4.78 is 75.5. The van der Waals surface area contributed by atoms with Crippen molar-refractivity contribution in [2.75, 3.05) is 65.0 Å². The summed E-state index contributed by atoms with van der Waals surface area (Å²) in [6.45, 7) is 7.91. The van der Waals surface area contributed by atoms with Gasteiger partial charge in [-0.1, -0.05) is 24.6 Å². The summed E-state index contributed by atoms with van der Waals surface area (Å²) in [6, 6.07) is 9.40. The first kappa shape index (κ1) is 47.2. The lowest BCUT2D eigenvalue weighted by Gasteiger charge is -2.20.